The highest BCUT2D eigenvalue weighted by atomic mass is 35.5. The molecule has 2 heterocycles. The summed E-state index contributed by atoms with van der Waals surface area (Å²) in [5, 5.41) is 10.7. The molecule has 2 aromatic carbocycles. The van der Waals surface area contributed by atoms with Crippen molar-refractivity contribution < 1.29 is 22.7 Å². The van der Waals surface area contributed by atoms with Crippen molar-refractivity contribution in [1.82, 2.24) is 9.62 Å². The van der Waals surface area contributed by atoms with E-state index in [1.807, 2.05) is 4.90 Å². The summed E-state index contributed by atoms with van der Waals surface area (Å²) in [7, 11) is -3.83. The number of carbonyl (C=O) groups is 1. The second kappa shape index (κ2) is 8.94. The molecule has 2 atom stereocenters. The quantitative estimate of drug-likeness (QED) is 0.627. The van der Waals surface area contributed by atoms with Crippen molar-refractivity contribution in [3.63, 3.8) is 0 Å². The van der Waals surface area contributed by atoms with Crippen LogP contribution in [-0.4, -0.2) is 55.5 Å². The third-order valence-corrected chi connectivity index (χ3v) is 8.17. The van der Waals surface area contributed by atoms with Crippen molar-refractivity contribution in [2.75, 3.05) is 18.0 Å². The number of hydrogen-bond donors (Lipinski definition) is 2. The molecule has 4 rings (SSSR count). The zero-order valence-electron chi connectivity index (χ0n) is 18.1. The van der Waals surface area contributed by atoms with E-state index in [1.54, 1.807) is 18.7 Å². The molecule has 2 bridgehead atoms. The molecular formula is C22H24Cl2FN3O4S. The predicted octanol–water partition coefficient (Wildman–Crippen LogP) is 4.02. The average Bonchev–Trinajstić information content (AvgIpc) is 2.97. The highest BCUT2D eigenvalue weighted by molar-refractivity contribution is 7.89. The Morgan fingerprint density at radius 3 is 2.33 bits per heavy atom. The van der Waals surface area contributed by atoms with Gasteiger partial charge in [0.1, 0.15) is 5.82 Å². The van der Waals surface area contributed by atoms with Crippen molar-refractivity contribution in [1.29, 1.82) is 0 Å². The van der Waals surface area contributed by atoms with Crippen LogP contribution in [0.2, 0.25) is 10.0 Å². The van der Waals surface area contributed by atoms with Crippen molar-refractivity contribution in [3.8, 4) is 5.75 Å². The number of anilines is 1. The first-order valence-electron chi connectivity index (χ1n) is 10.6. The first kappa shape index (κ1) is 24.1. The Morgan fingerprint density at radius 1 is 1.12 bits per heavy atom. The summed E-state index contributed by atoms with van der Waals surface area (Å²) in [5.74, 6) is -1.01. The van der Waals surface area contributed by atoms with Gasteiger partial charge in [-0.1, -0.05) is 23.2 Å². The van der Waals surface area contributed by atoms with Crippen molar-refractivity contribution >= 4 is 44.8 Å². The molecule has 33 heavy (non-hydrogen) atoms. The summed E-state index contributed by atoms with van der Waals surface area (Å²) in [6, 6.07) is 5.72. The molecule has 0 aromatic heterocycles. The monoisotopic (exact) mass is 515 g/mol. The first-order valence-corrected chi connectivity index (χ1v) is 12.8. The summed E-state index contributed by atoms with van der Waals surface area (Å²) in [5.41, 5.74) is 0.552. The lowest BCUT2D eigenvalue weighted by molar-refractivity contribution is 0.0718. The van der Waals surface area contributed by atoms with Gasteiger partial charge in [-0.15, -0.1) is 0 Å². The SMILES string of the molecule is CC(C)NS(=O)(=O)c1cc(Cl)c(O)c(N2C3CCC2CN(C(=O)c2ccc(F)cc2Cl)C3)c1. The molecule has 0 saturated carbocycles. The standard InChI is InChI=1S/C22H24Cl2FN3O4S/c1-12(2)26-33(31,32)16-8-19(24)21(29)20(9-16)28-14-4-5-15(28)11-27(10-14)22(30)17-6-3-13(25)7-18(17)23/h3,6-9,12,14-15,26,29H,4-5,10-11H2,1-2H3. The molecule has 2 aromatic rings. The number of amides is 1. The van der Waals surface area contributed by atoms with Crippen LogP contribution in [-0.2, 0) is 10.0 Å². The number of fused-ring (bicyclic) bond motifs is 2. The van der Waals surface area contributed by atoms with Gasteiger partial charge in [0, 0.05) is 31.2 Å². The fraction of sp³-hybridized carbons (Fsp3) is 0.409. The number of benzene rings is 2. The summed E-state index contributed by atoms with van der Waals surface area (Å²) in [6.07, 6.45) is 1.51. The van der Waals surface area contributed by atoms with Gasteiger partial charge in [0.15, 0.2) is 5.75 Å². The van der Waals surface area contributed by atoms with Gasteiger partial charge in [-0.2, -0.15) is 0 Å². The van der Waals surface area contributed by atoms with Crippen LogP contribution in [0.4, 0.5) is 10.1 Å². The molecule has 7 nitrogen and oxygen atoms in total. The van der Waals surface area contributed by atoms with Gasteiger partial charge >= 0.3 is 0 Å². The van der Waals surface area contributed by atoms with E-state index in [2.05, 4.69) is 4.72 Å². The topological polar surface area (TPSA) is 89.9 Å². The molecule has 0 spiro atoms. The van der Waals surface area contributed by atoms with E-state index in [-0.39, 0.29) is 50.3 Å². The summed E-state index contributed by atoms with van der Waals surface area (Å²) < 4.78 is 41.3. The predicted molar refractivity (Wildman–Crippen MR) is 125 cm³/mol. The number of nitrogens with zero attached hydrogens (tertiary/aromatic N) is 2. The maximum atomic E-state index is 13.4. The summed E-state index contributed by atoms with van der Waals surface area (Å²) in [6.45, 7) is 4.12. The second-order valence-corrected chi connectivity index (χ2v) is 11.2. The van der Waals surface area contributed by atoms with Gasteiger partial charge in [-0.25, -0.2) is 17.5 Å². The van der Waals surface area contributed by atoms with Gasteiger partial charge in [0.05, 0.1) is 26.2 Å². The van der Waals surface area contributed by atoms with Gasteiger partial charge in [0.25, 0.3) is 5.91 Å². The molecular weight excluding hydrogens is 492 g/mol. The number of phenols is 1. The summed E-state index contributed by atoms with van der Waals surface area (Å²) >= 11 is 12.3. The Bertz CT molecular complexity index is 1190. The molecule has 2 unspecified atom stereocenters. The molecule has 1 amide bonds. The van der Waals surface area contributed by atoms with Crippen LogP contribution in [0.3, 0.4) is 0 Å². The molecule has 2 aliphatic heterocycles. The number of phenolic OH excluding ortho intramolecular Hbond substituents is 1. The van der Waals surface area contributed by atoms with Crippen molar-refractivity contribution in [2.24, 2.45) is 0 Å². The smallest absolute Gasteiger partial charge is 0.255 e. The lowest BCUT2D eigenvalue weighted by Crippen LogP contribution is -2.55. The lowest BCUT2D eigenvalue weighted by Gasteiger charge is -2.43. The third kappa shape index (κ3) is 4.64. The average molecular weight is 516 g/mol. The molecule has 178 valence electrons. The van der Waals surface area contributed by atoms with Crippen molar-refractivity contribution in [2.45, 2.75) is 49.7 Å². The minimum atomic E-state index is -3.83. The Kier molecular flexibility index (Phi) is 6.52. The van der Waals surface area contributed by atoms with Crippen LogP contribution in [0.25, 0.3) is 0 Å². The third-order valence-electron chi connectivity index (χ3n) is 5.93. The number of sulfonamides is 1. The Balaban J connectivity index is 1.63. The molecule has 2 saturated heterocycles. The van der Waals surface area contributed by atoms with Gasteiger partial charge in [-0.05, 0) is 57.0 Å². The number of piperazine rings is 1. The fourth-order valence-corrected chi connectivity index (χ4v) is 6.41. The Morgan fingerprint density at radius 2 is 1.76 bits per heavy atom. The van der Waals surface area contributed by atoms with Crippen LogP contribution in [0.5, 0.6) is 5.75 Å². The Hall–Kier alpha value is -2.07. The number of hydrogen-bond acceptors (Lipinski definition) is 5. The number of halogens is 3. The van der Waals surface area contributed by atoms with Crippen LogP contribution in [0.1, 0.15) is 37.0 Å². The zero-order valence-corrected chi connectivity index (χ0v) is 20.4. The van der Waals surface area contributed by atoms with Crippen LogP contribution in [0, 0.1) is 5.82 Å². The number of aromatic hydroxyl groups is 1. The van der Waals surface area contributed by atoms with E-state index in [0.717, 1.165) is 18.9 Å². The number of rotatable bonds is 5. The molecule has 11 heteroatoms. The van der Waals surface area contributed by atoms with Crippen LogP contribution < -0.4 is 9.62 Å². The fourth-order valence-electron chi connectivity index (χ4n) is 4.59. The lowest BCUT2D eigenvalue weighted by atomic mass is 10.1. The molecule has 2 fully saturated rings. The highest BCUT2D eigenvalue weighted by Gasteiger charge is 2.43. The number of likely N-dealkylation sites (tertiary alicyclic amines) is 1. The van der Waals surface area contributed by atoms with E-state index in [1.165, 1.54) is 24.3 Å². The van der Waals surface area contributed by atoms with E-state index < -0.39 is 15.8 Å². The minimum Gasteiger partial charge on any atom is -0.504 e. The molecule has 0 aliphatic carbocycles. The van der Waals surface area contributed by atoms with Crippen molar-refractivity contribution in [3.05, 3.63) is 51.8 Å². The molecule has 2 N–H and O–H groups in total. The van der Waals surface area contributed by atoms with Gasteiger partial charge < -0.3 is 14.9 Å². The first-order chi connectivity index (χ1) is 15.5. The van der Waals surface area contributed by atoms with E-state index >= 15 is 0 Å². The summed E-state index contributed by atoms with van der Waals surface area (Å²) in [4.78, 5) is 16.6. The van der Waals surface area contributed by atoms with Gasteiger partial charge in [-0.3, -0.25) is 4.79 Å². The molecule has 0 radical (unpaired) electrons. The zero-order chi connectivity index (χ0) is 24.1. The number of carbonyl (C=O) groups excluding carboxylic acids is 1. The van der Waals surface area contributed by atoms with Gasteiger partial charge in [0.2, 0.25) is 10.0 Å². The maximum absolute atomic E-state index is 13.4. The largest absolute Gasteiger partial charge is 0.504 e. The highest BCUT2D eigenvalue weighted by Crippen LogP contribution is 2.44. The second-order valence-electron chi connectivity index (χ2n) is 8.68. The Labute approximate surface area is 202 Å². The van der Waals surface area contributed by atoms with E-state index in [9.17, 15) is 22.7 Å². The normalized spacial score (nSPS) is 20.5. The minimum absolute atomic E-state index is 0.0370. The maximum Gasteiger partial charge on any atom is 0.255 e. The van der Waals surface area contributed by atoms with E-state index in [0.29, 0.717) is 18.8 Å². The molecule has 2 aliphatic rings. The van der Waals surface area contributed by atoms with Crippen LogP contribution in [0.15, 0.2) is 35.2 Å². The number of nitrogens with one attached hydrogen (secondary N) is 1. The van der Waals surface area contributed by atoms with E-state index in [4.69, 9.17) is 23.2 Å². The van der Waals surface area contributed by atoms with Crippen LogP contribution >= 0.6 is 23.2 Å².